The molecule has 0 fully saturated rings. The second kappa shape index (κ2) is 5.54. The van der Waals surface area contributed by atoms with E-state index in [1.807, 2.05) is 6.07 Å². The third-order valence-corrected chi connectivity index (χ3v) is 4.08. The second-order valence-electron chi connectivity index (χ2n) is 5.30. The van der Waals surface area contributed by atoms with Crippen molar-refractivity contribution < 1.29 is 4.74 Å². The van der Waals surface area contributed by atoms with Crippen LogP contribution in [0, 0.1) is 11.8 Å². The molecule has 2 rings (SSSR count). The van der Waals surface area contributed by atoms with E-state index in [0.717, 1.165) is 25.3 Å². The molecule has 3 unspecified atom stereocenters. The molecule has 1 aromatic rings. The van der Waals surface area contributed by atoms with Gasteiger partial charge in [-0.2, -0.15) is 0 Å². The fourth-order valence-electron chi connectivity index (χ4n) is 2.57. The van der Waals surface area contributed by atoms with E-state index in [4.69, 9.17) is 10.5 Å². The Morgan fingerprint density at radius 2 is 2.06 bits per heavy atom. The smallest absolute Gasteiger partial charge is 0.122 e. The van der Waals surface area contributed by atoms with Gasteiger partial charge in [-0.05, 0) is 48.8 Å². The summed E-state index contributed by atoms with van der Waals surface area (Å²) in [5.74, 6) is 3.00. The summed E-state index contributed by atoms with van der Waals surface area (Å²) in [6, 6.07) is 8.45. The molecule has 0 saturated carbocycles. The molecule has 1 heterocycles. The lowest BCUT2D eigenvalue weighted by Gasteiger charge is -2.29. The maximum Gasteiger partial charge on any atom is 0.122 e. The van der Waals surface area contributed by atoms with Crippen molar-refractivity contribution in [2.24, 2.45) is 17.6 Å². The fraction of sp³-hybridized carbons (Fsp3) is 0.600. The van der Waals surface area contributed by atoms with Gasteiger partial charge in [0, 0.05) is 0 Å². The van der Waals surface area contributed by atoms with Crippen LogP contribution >= 0.6 is 0 Å². The average molecular weight is 233 g/mol. The predicted molar refractivity (Wildman–Crippen MR) is 71.3 cm³/mol. The quantitative estimate of drug-likeness (QED) is 0.867. The van der Waals surface area contributed by atoms with E-state index in [9.17, 15) is 0 Å². The Morgan fingerprint density at radius 3 is 2.82 bits per heavy atom. The van der Waals surface area contributed by atoms with Gasteiger partial charge >= 0.3 is 0 Å². The van der Waals surface area contributed by atoms with Gasteiger partial charge in [-0.15, -0.1) is 0 Å². The van der Waals surface area contributed by atoms with E-state index in [1.165, 1.54) is 12.0 Å². The molecule has 0 spiro atoms. The van der Waals surface area contributed by atoms with Crippen LogP contribution in [-0.2, 0) is 0 Å². The van der Waals surface area contributed by atoms with Gasteiger partial charge in [-0.1, -0.05) is 32.0 Å². The standard InChI is InChI=1S/C15H23NO/c1-11(12(2)10-16)9-13-7-8-17-15-6-4-3-5-14(13)15/h3-6,11-13H,7-10,16H2,1-2H3. The minimum Gasteiger partial charge on any atom is -0.493 e. The SMILES string of the molecule is CC(CN)C(C)CC1CCOc2ccccc21. The largest absolute Gasteiger partial charge is 0.493 e. The topological polar surface area (TPSA) is 35.2 Å². The Bertz CT molecular complexity index is 364. The van der Waals surface area contributed by atoms with Crippen LogP contribution in [0.15, 0.2) is 24.3 Å². The van der Waals surface area contributed by atoms with E-state index >= 15 is 0 Å². The van der Waals surface area contributed by atoms with Crippen LogP contribution in [0.2, 0.25) is 0 Å². The lowest BCUT2D eigenvalue weighted by atomic mass is 9.81. The van der Waals surface area contributed by atoms with E-state index < -0.39 is 0 Å². The van der Waals surface area contributed by atoms with Crippen molar-refractivity contribution in [1.29, 1.82) is 0 Å². The summed E-state index contributed by atoms with van der Waals surface area (Å²) in [5, 5.41) is 0. The van der Waals surface area contributed by atoms with E-state index in [0.29, 0.717) is 17.8 Å². The summed E-state index contributed by atoms with van der Waals surface area (Å²) in [6.07, 6.45) is 2.36. The molecule has 0 aromatic heterocycles. The lowest BCUT2D eigenvalue weighted by molar-refractivity contribution is 0.241. The molecule has 2 N–H and O–H groups in total. The zero-order valence-corrected chi connectivity index (χ0v) is 10.9. The van der Waals surface area contributed by atoms with Crippen LogP contribution in [0.5, 0.6) is 5.75 Å². The Kier molecular flexibility index (Phi) is 4.06. The maximum absolute atomic E-state index is 5.75. The van der Waals surface area contributed by atoms with E-state index in [-0.39, 0.29) is 0 Å². The number of ether oxygens (including phenoxy) is 1. The Balaban J connectivity index is 2.08. The van der Waals surface area contributed by atoms with E-state index in [2.05, 4.69) is 32.0 Å². The number of hydrogen-bond donors (Lipinski definition) is 1. The van der Waals surface area contributed by atoms with Crippen molar-refractivity contribution in [3.63, 3.8) is 0 Å². The second-order valence-corrected chi connectivity index (χ2v) is 5.30. The summed E-state index contributed by atoms with van der Waals surface area (Å²) in [6.45, 7) is 6.20. The lowest BCUT2D eigenvalue weighted by Crippen LogP contribution is -2.22. The summed E-state index contributed by atoms with van der Waals surface area (Å²) >= 11 is 0. The highest BCUT2D eigenvalue weighted by Gasteiger charge is 2.24. The molecule has 2 nitrogen and oxygen atoms in total. The average Bonchev–Trinajstić information content (AvgIpc) is 2.38. The molecule has 1 aromatic carbocycles. The van der Waals surface area contributed by atoms with Gasteiger partial charge in [-0.3, -0.25) is 0 Å². The number of hydrogen-bond acceptors (Lipinski definition) is 2. The highest BCUT2D eigenvalue weighted by atomic mass is 16.5. The van der Waals surface area contributed by atoms with Crippen molar-refractivity contribution >= 4 is 0 Å². The molecule has 1 aliphatic heterocycles. The number of para-hydroxylation sites is 1. The van der Waals surface area contributed by atoms with Gasteiger partial charge in [-0.25, -0.2) is 0 Å². The first kappa shape index (κ1) is 12.4. The summed E-state index contributed by atoms with van der Waals surface area (Å²) in [5.41, 5.74) is 7.13. The van der Waals surface area contributed by atoms with Crippen LogP contribution in [0.4, 0.5) is 0 Å². The van der Waals surface area contributed by atoms with Gasteiger partial charge in [0.05, 0.1) is 6.61 Å². The Hall–Kier alpha value is -1.02. The van der Waals surface area contributed by atoms with Gasteiger partial charge in [0.2, 0.25) is 0 Å². The van der Waals surface area contributed by atoms with Crippen molar-refractivity contribution in [3.8, 4) is 5.75 Å². The van der Waals surface area contributed by atoms with Crippen LogP contribution in [-0.4, -0.2) is 13.2 Å². The Morgan fingerprint density at radius 1 is 1.29 bits per heavy atom. The molecule has 0 bridgehead atoms. The summed E-state index contributed by atoms with van der Waals surface area (Å²) in [7, 11) is 0. The molecule has 3 atom stereocenters. The van der Waals surface area contributed by atoms with Crippen molar-refractivity contribution in [1.82, 2.24) is 0 Å². The highest BCUT2D eigenvalue weighted by Crippen LogP contribution is 2.38. The zero-order valence-electron chi connectivity index (χ0n) is 10.9. The zero-order chi connectivity index (χ0) is 12.3. The minimum atomic E-state index is 0.602. The highest BCUT2D eigenvalue weighted by molar-refractivity contribution is 5.37. The third kappa shape index (κ3) is 2.81. The molecular weight excluding hydrogens is 210 g/mol. The first-order valence-corrected chi connectivity index (χ1v) is 6.64. The molecular formula is C15H23NO. The number of nitrogens with two attached hydrogens (primary N) is 1. The molecule has 1 aliphatic rings. The molecule has 17 heavy (non-hydrogen) atoms. The summed E-state index contributed by atoms with van der Waals surface area (Å²) < 4.78 is 5.70. The molecule has 94 valence electrons. The fourth-order valence-corrected chi connectivity index (χ4v) is 2.57. The van der Waals surface area contributed by atoms with Gasteiger partial charge < -0.3 is 10.5 Å². The number of fused-ring (bicyclic) bond motifs is 1. The Labute approximate surface area is 104 Å². The molecule has 2 heteroatoms. The normalized spacial score (nSPS) is 22.4. The maximum atomic E-state index is 5.75. The minimum absolute atomic E-state index is 0.602. The first-order chi connectivity index (χ1) is 8.22. The van der Waals surface area contributed by atoms with Crippen LogP contribution < -0.4 is 10.5 Å². The van der Waals surface area contributed by atoms with Crippen LogP contribution in [0.25, 0.3) is 0 Å². The third-order valence-electron chi connectivity index (χ3n) is 4.08. The molecule has 0 aliphatic carbocycles. The van der Waals surface area contributed by atoms with Crippen molar-refractivity contribution in [3.05, 3.63) is 29.8 Å². The van der Waals surface area contributed by atoms with Gasteiger partial charge in [0.1, 0.15) is 5.75 Å². The number of rotatable bonds is 4. The number of benzene rings is 1. The molecule has 0 amide bonds. The monoisotopic (exact) mass is 233 g/mol. The first-order valence-electron chi connectivity index (χ1n) is 6.64. The van der Waals surface area contributed by atoms with Crippen molar-refractivity contribution in [2.75, 3.05) is 13.2 Å². The van der Waals surface area contributed by atoms with Gasteiger partial charge in [0.25, 0.3) is 0 Å². The molecule has 0 radical (unpaired) electrons. The van der Waals surface area contributed by atoms with Crippen molar-refractivity contribution in [2.45, 2.75) is 32.6 Å². The van der Waals surface area contributed by atoms with E-state index in [1.54, 1.807) is 0 Å². The predicted octanol–water partition coefficient (Wildman–Crippen LogP) is 3.17. The van der Waals surface area contributed by atoms with Gasteiger partial charge in [0.15, 0.2) is 0 Å². The van der Waals surface area contributed by atoms with Crippen LogP contribution in [0.1, 0.15) is 38.2 Å². The molecule has 0 saturated heterocycles. The summed E-state index contributed by atoms with van der Waals surface area (Å²) in [4.78, 5) is 0. The van der Waals surface area contributed by atoms with Crippen LogP contribution in [0.3, 0.4) is 0 Å².